The van der Waals surface area contributed by atoms with Gasteiger partial charge in [-0.25, -0.2) is 0 Å². The number of nitrogens with one attached hydrogen (secondary N) is 2. The first-order valence-corrected chi connectivity index (χ1v) is 14.3. The largest absolute Gasteiger partial charge is 0.381 e. The van der Waals surface area contributed by atoms with Crippen molar-refractivity contribution in [1.29, 1.82) is 0 Å². The zero-order valence-electron chi connectivity index (χ0n) is 23.5. The standard InChI is InChI=1S/C30H37N5O4S/c1-19-11-9-10-14-22(19)16-31-28(38)26-30(3,4)40-18-35(26)29(39)25(36)24(15-21-12-7-6-8-13-21)33-27(37)23-17-32-34(5)20(23)2/h6-14,17,24-26,36H,15-16,18H2,1-5H3,(H,31,38)(H,33,37)/t24-,25-,26?/m0/s1. The van der Waals surface area contributed by atoms with E-state index in [1.54, 1.807) is 18.7 Å². The van der Waals surface area contributed by atoms with Gasteiger partial charge >= 0.3 is 0 Å². The van der Waals surface area contributed by atoms with Crippen molar-refractivity contribution in [3.8, 4) is 0 Å². The quantitative estimate of drug-likeness (QED) is 0.369. The number of aryl methyl sites for hydroxylation is 2. The Morgan fingerprint density at radius 2 is 1.77 bits per heavy atom. The summed E-state index contributed by atoms with van der Waals surface area (Å²) in [5, 5.41) is 21.4. The first-order chi connectivity index (χ1) is 19.0. The molecule has 3 N–H and O–H groups in total. The van der Waals surface area contributed by atoms with E-state index >= 15 is 0 Å². The molecule has 3 amide bonds. The molecule has 2 heterocycles. The third-order valence-corrected chi connectivity index (χ3v) is 8.90. The van der Waals surface area contributed by atoms with Crippen LogP contribution in [0.3, 0.4) is 0 Å². The molecule has 0 saturated carbocycles. The number of thioether (sulfide) groups is 1. The number of aliphatic hydroxyl groups is 1. The van der Waals surface area contributed by atoms with Crippen LogP contribution in [0.15, 0.2) is 60.8 Å². The average Bonchev–Trinajstić information content (AvgIpc) is 3.44. The van der Waals surface area contributed by atoms with E-state index in [9.17, 15) is 19.5 Å². The predicted octanol–water partition coefficient (Wildman–Crippen LogP) is 2.74. The number of aliphatic hydroxyl groups excluding tert-OH is 1. The van der Waals surface area contributed by atoms with E-state index < -0.39 is 34.7 Å². The maximum atomic E-state index is 13.8. The Morgan fingerprint density at radius 1 is 1.10 bits per heavy atom. The lowest BCUT2D eigenvalue weighted by Crippen LogP contribution is -2.58. The number of hydrogen-bond donors (Lipinski definition) is 3. The van der Waals surface area contributed by atoms with Crippen molar-refractivity contribution in [2.45, 2.75) is 63.6 Å². The molecule has 0 spiro atoms. The van der Waals surface area contributed by atoms with Gasteiger partial charge in [0, 0.05) is 24.0 Å². The summed E-state index contributed by atoms with van der Waals surface area (Å²) in [6.07, 6.45) is 0.127. The van der Waals surface area contributed by atoms with Crippen molar-refractivity contribution in [3.05, 3.63) is 88.7 Å². The van der Waals surface area contributed by atoms with Gasteiger partial charge in [-0.1, -0.05) is 54.6 Å². The first kappa shape index (κ1) is 29.4. The molecular formula is C30H37N5O4S. The molecule has 4 rings (SSSR count). The Balaban J connectivity index is 1.55. The molecule has 212 valence electrons. The van der Waals surface area contributed by atoms with Crippen molar-refractivity contribution in [3.63, 3.8) is 0 Å². The summed E-state index contributed by atoms with van der Waals surface area (Å²) in [5.74, 6) is -1.06. The highest BCUT2D eigenvalue weighted by molar-refractivity contribution is 8.00. The van der Waals surface area contributed by atoms with Crippen LogP contribution >= 0.6 is 11.8 Å². The minimum absolute atomic E-state index is 0.229. The molecular weight excluding hydrogens is 526 g/mol. The normalized spacial score (nSPS) is 17.8. The fraction of sp³-hybridized carbons (Fsp3) is 0.400. The Labute approximate surface area is 239 Å². The van der Waals surface area contributed by atoms with Crippen molar-refractivity contribution in [2.24, 2.45) is 7.05 Å². The van der Waals surface area contributed by atoms with Crippen LogP contribution in [0.4, 0.5) is 0 Å². The minimum atomic E-state index is -1.57. The van der Waals surface area contributed by atoms with E-state index in [1.807, 2.05) is 75.4 Å². The van der Waals surface area contributed by atoms with Gasteiger partial charge in [0.2, 0.25) is 5.91 Å². The summed E-state index contributed by atoms with van der Waals surface area (Å²) in [7, 11) is 1.74. The smallest absolute Gasteiger partial charge is 0.255 e. The number of hydrogen-bond acceptors (Lipinski definition) is 6. The second-order valence-corrected chi connectivity index (χ2v) is 12.3. The lowest BCUT2D eigenvalue weighted by Gasteiger charge is -2.33. The number of benzene rings is 2. The second-order valence-electron chi connectivity index (χ2n) is 10.7. The maximum Gasteiger partial charge on any atom is 0.255 e. The van der Waals surface area contributed by atoms with Gasteiger partial charge in [0.15, 0.2) is 6.10 Å². The van der Waals surface area contributed by atoms with Crippen molar-refractivity contribution >= 4 is 29.5 Å². The number of rotatable bonds is 9. The fourth-order valence-corrected chi connectivity index (χ4v) is 6.06. The Morgan fingerprint density at radius 3 is 2.42 bits per heavy atom. The third-order valence-electron chi connectivity index (χ3n) is 7.52. The Hall–Kier alpha value is -3.63. The fourth-order valence-electron chi connectivity index (χ4n) is 4.92. The van der Waals surface area contributed by atoms with E-state index in [0.29, 0.717) is 17.8 Å². The van der Waals surface area contributed by atoms with Gasteiger partial charge in [-0.3, -0.25) is 19.1 Å². The predicted molar refractivity (Wildman–Crippen MR) is 156 cm³/mol. The van der Waals surface area contributed by atoms with Crippen LogP contribution in [-0.2, 0) is 29.6 Å². The molecule has 10 heteroatoms. The highest BCUT2D eigenvalue weighted by atomic mass is 32.2. The molecule has 2 aromatic carbocycles. The lowest BCUT2D eigenvalue weighted by atomic mass is 9.97. The van der Waals surface area contributed by atoms with Gasteiger partial charge in [0.25, 0.3) is 11.8 Å². The minimum Gasteiger partial charge on any atom is -0.381 e. The van der Waals surface area contributed by atoms with Gasteiger partial charge in [-0.2, -0.15) is 5.10 Å². The Bertz CT molecular complexity index is 1370. The lowest BCUT2D eigenvalue weighted by molar-refractivity contribution is -0.147. The number of amides is 3. The molecule has 3 atom stereocenters. The molecule has 1 aliphatic rings. The zero-order valence-corrected chi connectivity index (χ0v) is 24.4. The van der Waals surface area contributed by atoms with Crippen LogP contribution in [0.25, 0.3) is 0 Å². The molecule has 0 radical (unpaired) electrons. The zero-order chi connectivity index (χ0) is 29.0. The second kappa shape index (κ2) is 12.3. The molecule has 0 aliphatic carbocycles. The molecule has 1 saturated heterocycles. The van der Waals surface area contributed by atoms with Gasteiger partial charge in [0.05, 0.1) is 23.7 Å². The van der Waals surface area contributed by atoms with E-state index in [1.165, 1.54) is 22.9 Å². The summed E-state index contributed by atoms with van der Waals surface area (Å²) < 4.78 is 1.02. The van der Waals surface area contributed by atoms with E-state index in [-0.39, 0.29) is 18.2 Å². The topological polar surface area (TPSA) is 117 Å². The molecule has 0 bridgehead atoms. The monoisotopic (exact) mass is 563 g/mol. The van der Waals surface area contributed by atoms with Crippen LogP contribution in [-0.4, -0.2) is 66.3 Å². The molecule has 3 aromatic rings. The summed E-state index contributed by atoms with van der Waals surface area (Å²) >= 11 is 1.48. The van der Waals surface area contributed by atoms with Crippen LogP contribution in [0.5, 0.6) is 0 Å². The highest BCUT2D eigenvalue weighted by Gasteiger charge is 2.49. The maximum absolute atomic E-state index is 13.8. The molecule has 1 unspecified atom stereocenters. The molecule has 1 aliphatic heterocycles. The number of carbonyl (C=O) groups excluding carboxylic acids is 3. The first-order valence-electron chi connectivity index (χ1n) is 13.3. The molecule has 1 aromatic heterocycles. The average molecular weight is 564 g/mol. The van der Waals surface area contributed by atoms with Crippen molar-refractivity contribution < 1.29 is 19.5 Å². The van der Waals surface area contributed by atoms with Crippen LogP contribution < -0.4 is 10.6 Å². The van der Waals surface area contributed by atoms with Crippen LogP contribution in [0.1, 0.15) is 46.6 Å². The molecule has 1 fully saturated rings. The van der Waals surface area contributed by atoms with Crippen LogP contribution in [0.2, 0.25) is 0 Å². The van der Waals surface area contributed by atoms with Crippen molar-refractivity contribution in [2.75, 3.05) is 5.88 Å². The number of aromatic nitrogens is 2. The Kier molecular flexibility index (Phi) is 9.00. The van der Waals surface area contributed by atoms with Crippen molar-refractivity contribution in [1.82, 2.24) is 25.3 Å². The highest BCUT2D eigenvalue weighted by Crippen LogP contribution is 2.40. The van der Waals surface area contributed by atoms with E-state index in [0.717, 1.165) is 16.7 Å². The summed E-state index contributed by atoms with van der Waals surface area (Å²) in [6, 6.07) is 15.4. The number of carbonyl (C=O) groups is 3. The van der Waals surface area contributed by atoms with Gasteiger partial charge in [-0.15, -0.1) is 11.8 Å². The third kappa shape index (κ3) is 6.39. The molecule has 40 heavy (non-hydrogen) atoms. The van der Waals surface area contributed by atoms with Gasteiger partial charge in [-0.05, 0) is 50.8 Å². The number of nitrogens with zero attached hydrogens (tertiary/aromatic N) is 3. The summed E-state index contributed by atoms with van der Waals surface area (Å²) in [4.78, 5) is 41.9. The van der Waals surface area contributed by atoms with E-state index in [2.05, 4.69) is 15.7 Å². The summed E-state index contributed by atoms with van der Waals surface area (Å²) in [6.45, 7) is 7.94. The molecule has 9 nitrogen and oxygen atoms in total. The summed E-state index contributed by atoms with van der Waals surface area (Å²) in [5.41, 5.74) is 3.95. The van der Waals surface area contributed by atoms with E-state index in [4.69, 9.17) is 0 Å². The van der Waals surface area contributed by atoms with Gasteiger partial charge in [0.1, 0.15) is 6.04 Å². The SMILES string of the molecule is Cc1ccccc1CNC(=O)C1N(C(=O)[C@@H](O)[C@H](Cc2ccccc2)NC(=O)c2cnn(C)c2C)CSC1(C)C. The van der Waals surface area contributed by atoms with Crippen LogP contribution in [0, 0.1) is 13.8 Å². The van der Waals surface area contributed by atoms with Gasteiger partial charge < -0.3 is 20.6 Å².